The lowest BCUT2D eigenvalue weighted by Gasteiger charge is -2.04. The topological polar surface area (TPSA) is 36.4 Å². The van der Waals surface area contributed by atoms with Crippen molar-refractivity contribution < 1.29 is 0 Å². The fraction of sp³-hybridized carbons (Fsp3) is 0.333. The van der Waals surface area contributed by atoms with Crippen LogP contribution in [0.4, 0.5) is 0 Å². The maximum atomic E-state index is 4.98. The summed E-state index contributed by atoms with van der Waals surface area (Å²) >= 11 is 6.64. The summed E-state index contributed by atoms with van der Waals surface area (Å²) < 4.78 is 0. The van der Waals surface area contributed by atoms with Gasteiger partial charge in [-0.3, -0.25) is 5.43 Å². The minimum absolute atomic E-state index is 0.559. The highest BCUT2D eigenvalue weighted by Crippen LogP contribution is 2.08. The zero-order valence-corrected chi connectivity index (χ0v) is 9.84. The maximum absolute atomic E-state index is 4.98. The van der Waals surface area contributed by atoms with Crippen molar-refractivity contribution >= 4 is 34.4 Å². The highest BCUT2D eigenvalue weighted by Gasteiger charge is 1.97. The molecule has 0 spiro atoms. The summed E-state index contributed by atoms with van der Waals surface area (Å²) in [5.74, 6) is 0. The van der Waals surface area contributed by atoms with Crippen molar-refractivity contribution in [1.29, 1.82) is 0 Å². The molecule has 14 heavy (non-hydrogen) atoms. The molecule has 76 valence electrons. The van der Waals surface area contributed by atoms with Crippen molar-refractivity contribution in [2.75, 3.05) is 6.54 Å². The highest BCUT2D eigenvalue weighted by atomic mass is 32.1. The van der Waals surface area contributed by atoms with E-state index in [4.69, 9.17) is 12.2 Å². The van der Waals surface area contributed by atoms with Gasteiger partial charge in [-0.25, -0.2) is 0 Å². The molecule has 0 aliphatic heterocycles. The van der Waals surface area contributed by atoms with Crippen LogP contribution in [0.3, 0.4) is 0 Å². The predicted octanol–water partition coefficient (Wildman–Crippen LogP) is 1.96. The van der Waals surface area contributed by atoms with Crippen molar-refractivity contribution in [3.05, 3.63) is 22.4 Å². The Hall–Kier alpha value is -0.940. The zero-order valence-electron chi connectivity index (χ0n) is 8.20. The first-order chi connectivity index (χ1) is 6.74. The molecule has 1 aromatic rings. The first-order valence-corrected chi connectivity index (χ1v) is 5.65. The Balaban J connectivity index is 2.49. The number of hydrogen-bond donors (Lipinski definition) is 2. The Morgan fingerprint density at radius 1 is 1.64 bits per heavy atom. The van der Waals surface area contributed by atoms with E-state index >= 15 is 0 Å². The molecule has 0 atom stereocenters. The largest absolute Gasteiger partial charge is 0.362 e. The van der Waals surface area contributed by atoms with Crippen LogP contribution in [-0.4, -0.2) is 17.4 Å². The second kappa shape index (κ2) is 5.72. The van der Waals surface area contributed by atoms with E-state index in [1.807, 2.05) is 31.4 Å². The Morgan fingerprint density at radius 2 is 2.43 bits per heavy atom. The molecular formula is C9H13N3S2. The molecule has 5 heteroatoms. The van der Waals surface area contributed by atoms with Gasteiger partial charge in [0.05, 0.1) is 5.71 Å². The van der Waals surface area contributed by atoms with Gasteiger partial charge in [-0.05, 0) is 37.5 Å². The number of nitrogens with zero attached hydrogens (tertiary/aromatic N) is 1. The van der Waals surface area contributed by atoms with Crippen molar-refractivity contribution in [1.82, 2.24) is 10.7 Å². The molecule has 0 fully saturated rings. The number of thiophene rings is 1. The lowest BCUT2D eigenvalue weighted by molar-refractivity contribution is 0.901. The number of hydrazone groups is 1. The van der Waals surface area contributed by atoms with E-state index in [-0.39, 0.29) is 0 Å². The number of hydrogen-bond acceptors (Lipinski definition) is 3. The lowest BCUT2D eigenvalue weighted by atomic mass is 10.3. The van der Waals surface area contributed by atoms with Gasteiger partial charge in [-0.2, -0.15) is 5.10 Å². The number of thiocarbonyl (C=S) groups is 1. The normalized spacial score (nSPS) is 11.1. The summed E-state index contributed by atoms with van der Waals surface area (Å²) in [6.07, 6.45) is 0. The van der Waals surface area contributed by atoms with E-state index in [1.54, 1.807) is 11.3 Å². The van der Waals surface area contributed by atoms with Crippen LogP contribution in [0.1, 0.15) is 18.7 Å². The molecule has 0 saturated carbocycles. The quantitative estimate of drug-likeness (QED) is 0.471. The minimum Gasteiger partial charge on any atom is -0.362 e. The first-order valence-electron chi connectivity index (χ1n) is 4.36. The minimum atomic E-state index is 0.559. The van der Waals surface area contributed by atoms with Gasteiger partial charge in [0.2, 0.25) is 0 Å². The van der Waals surface area contributed by atoms with Crippen molar-refractivity contribution in [2.45, 2.75) is 13.8 Å². The van der Waals surface area contributed by atoms with Crippen LogP contribution >= 0.6 is 23.6 Å². The summed E-state index contributed by atoms with van der Waals surface area (Å²) in [6, 6.07) is 4.03. The van der Waals surface area contributed by atoms with E-state index in [0.29, 0.717) is 5.11 Å². The summed E-state index contributed by atoms with van der Waals surface area (Å²) in [7, 11) is 0. The molecule has 0 bridgehead atoms. The molecule has 0 aromatic carbocycles. The van der Waals surface area contributed by atoms with Crippen molar-refractivity contribution in [3.63, 3.8) is 0 Å². The highest BCUT2D eigenvalue weighted by molar-refractivity contribution is 7.80. The average Bonchev–Trinajstić information content (AvgIpc) is 2.67. The van der Waals surface area contributed by atoms with E-state index in [9.17, 15) is 0 Å². The van der Waals surface area contributed by atoms with Crippen LogP contribution in [0.5, 0.6) is 0 Å². The van der Waals surface area contributed by atoms with Gasteiger partial charge in [0, 0.05) is 11.4 Å². The Morgan fingerprint density at radius 3 is 3.00 bits per heavy atom. The molecule has 0 amide bonds. The van der Waals surface area contributed by atoms with E-state index in [1.165, 1.54) is 0 Å². The van der Waals surface area contributed by atoms with Gasteiger partial charge in [-0.1, -0.05) is 6.07 Å². The van der Waals surface area contributed by atoms with Crippen LogP contribution in [0, 0.1) is 0 Å². The van der Waals surface area contributed by atoms with Gasteiger partial charge in [0.15, 0.2) is 5.11 Å². The van der Waals surface area contributed by atoms with E-state index in [2.05, 4.69) is 15.8 Å². The third kappa shape index (κ3) is 3.43. The van der Waals surface area contributed by atoms with Crippen molar-refractivity contribution in [3.8, 4) is 0 Å². The fourth-order valence-corrected chi connectivity index (χ4v) is 1.74. The molecule has 2 N–H and O–H groups in total. The molecule has 1 aromatic heterocycles. The average molecular weight is 227 g/mol. The number of nitrogens with one attached hydrogen (secondary N) is 2. The molecule has 0 aliphatic rings. The smallest absolute Gasteiger partial charge is 0.186 e. The lowest BCUT2D eigenvalue weighted by Crippen LogP contribution is -2.32. The van der Waals surface area contributed by atoms with Crippen molar-refractivity contribution in [2.24, 2.45) is 5.10 Å². The summed E-state index contributed by atoms with van der Waals surface area (Å²) in [6.45, 7) is 4.75. The summed E-state index contributed by atoms with van der Waals surface area (Å²) in [5.41, 5.74) is 3.73. The van der Waals surface area contributed by atoms with Crippen LogP contribution in [0.2, 0.25) is 0 Å². The second-order valence-corrected chi connectivity index (χ2v) is 4.00. The Labute approximate surface area is 93.2 Å². The molecule has 0 aliphatic carbocycles. The third-order valence-corrected chi connectivity index (χ3v) is 2.75. The number of rotatable bonds is 3. The van der Waals surface area contributed by atoms with Gasteiger partial charge in [0.1, 0.15) is 0 Å². The predicted molar refractivity (Wildman–Crippen MR) is 65.9 cm³/mol. The van der Waals surface area contributed by atoms with Gasteiger partial charge in [0.25, 0.3) is 0 Å². The molecule has 1 rings (SSSR count). The standard InChI is InChI=1S/C9H13N3S2/c1-3-10-9(13)12-11-7(2)8-5-4-6-14-8/h4-6H,3H2,1-2H3,(H2,10,12,13)/b11-7+. The summed E-state index contributed by atoms with van der Waals surface area (Å²) in [4.78, 5) is 1.15. The maximum Gasteiger partial charge on any atom is 0.186 e. The van der Waals surface area contributed by atoms with Crippen LogP contribution in [0.15, 0.2) is 22.6 Å². The third-order valence-electron chi connectivity index (χ3n) is 1.54. The second-order valence-electron chi connectivity index (χ2n) is 2.65. The van der Waals surface area contributed by atoms with Crippen LogP contribution < -0.4 is 10.7 Å². The molecule has 0 unspecified atom stereocenters. The van der Waals surface area contributed by atoms with Crippen LogP contribution in [0.25, 0.3) is 0 Å². The molecule has 0 saturated heterocycles. The Kier molecular flexibility index (Phi) is 4.55. The molecule has 0 radical (unpaired) electrons. The molecular weight excluding hydrogens is 214 g/mol. The Bertz CT molecular complexity index is 317. The monoisotopic (exact) mass is 227 g/mol. The zero-order chi connectivity index (χ0) is 10.4. The van der Waals surface area contributed by atoms with E-state index < -0.39 is 0 Å². The fourth-order valence-electron chi connectivity index (χ4n) is 0.874. The SMILES string of the molecule is CCNC(=S)N/N=C(\C)c1cccs1. The first kappa shape index (κ1) is 11.1. The summed E-state index contributed by atoms with van der Waals surface area (Å²) in [5, 5.41) is 9.70. The van der Waals surface area contributed by atoms with Gasteiger partial charge < -0.3 is 5.32 Å². The van der Waals surface area contributed by atoms with Crippen LogP contribution in [-0.2, 0) is 0 Å². The molecule has 3 nitrogen and oxygen atoms in total. The van der Waals surface area contributed by atoms with E-state index in [0.717, 1.165) is 17.1 Å². The van der Waals surface area contributed by atoms with Gasteiger partial charge >= 0.3 is 0 Å². The van der Waals surface area contributed by atoms with Gasteiger partial charge in [-0.15, -0.1) is 11.3 Å². The molecule has 1 heterocycles.